The molecule has 2 aromatic rings. The second kappa shape index (κ2) is 5.66. The van der Waals surface area contributed by atoms with Crippen molar-refractivity contribution in [3.05, 3.63) is 58.1 Å². The highest BCUT2D eigenvalue weighted by Crippen LogP contribution is 2.52. The Hall–Kier alpha value is -3.68. The third-order valence-electron chi connectivity index (χ3n) is 5.28. The molecule has 0 bridgehead atoms. The largest absolute Gasteiger partial charge is 0.524 e. The van der Waals surface area contributed by atoms with Crippen molar-refractivity contribution in [3.63, 3.8) is 0 Å². The summed E-state index contributed by atoms with van der Waals surface area (Å²) in [7, 11) is 0. The summed E-state index contributed by atoms with van der Waals surface area (Å²) in [5.41, 5.74) is 2.82. The van der Waals surface area contributed by atoms with Crippen molar-refractivity contribution in [1.82, 2.24) is 0 Å². The summed E-state index contributed by atoms with van der Waals surface area (Å²) < 4.78 is 19.3. The number of benzene rings is 2. The van der Waals surface area contributed by atoms with Crippen molar-refractivity contribution in [2.24, 2.45) is 0 Å². The Morgan fingerprint density at radius 3 is 2.39 bits per heavy atom. The van der Waals surface area contributed by atoms with Crippen LogP contribution in [0.4, 0.5) is 9.59 Å². The van der Waals surface area contributed by atoms with E-state index in [0.29, 0.717) is 12.0 Å². The zero-order valence-electron chi connectivity index (χ0n) is 14.5. The maximum atomic E-state index is 11.9. The smallest absolute Gasteiger partial charge is 0.391 e. The monoisotopic (exact) mass is 380 g/mol. The van der Waals surface area contributed by atoms with Crippen molar-refractivity contribution in [2.45, 2.75) is 25.2 Å². The Balaban J connectivity index is 1.66. The number of rotatable bonds is 1. The van der Waals surface area contributed by atoms with Gasteiger partial charge in [-0.25, -0.2) is 19.2 Å². The summed E-state index contributed by atoms with van der Waals surface area (Å²) in [5.74, 6) is -1.25. The Bertz CT molecular complexity index is 1100. The van der Waals surface area contributed by atoms with E-state index in [2.05, 4.69) is 9.47 Å². The van der Waals surface area contributed by atoms with Crippen LogP contribution in [0.1, 0.15) is 62.6 Å². The molecule has 0 fully saturated rings. The SMILES string of the molecule is CC1CC(c2ccc3c(c2)C(=O)OC3=O)c2c1ccc1c2OC(=O)OC(=O)O1. The van der Waals surface area contributed by atoms with E-state index in [9.17, 15) is 19.2 Å². The lowest BCUT2D eigenvalue weighted by Crippen LogP contribution is -2.15. The van der Waals surface area contributed by atoms with Crippen LogP contribution in [-0.4, -0.2) is 24.2 Å². The molecule has 0 N–H and O–H groups in total. The zero-order valence-corrected chi connectivity index (χ0v) is 14.5. The molecular formula is C20H12O8. The van der Waals surface area contributed by atoms with E-state index in [-0.39, 0.29) is 34.5 Å². The van der Waals surface area contributed by atoms with Crippen LogP contribution >= 0.6 is 0 Å². The average Bonchev–Trinajstić information content (AvgIpc) is 3.07. The van der Waals surface area contributed by atoms with Gasteiger partial charge in [0.2, 0.25) is 0 Å². The molecule has 0 saturated heterocycles. The van der Waals surface area contributed by atoms with E-state index in [1.807, 2.05) is 13.0 Å². The second-order valence-corrected chi connectivity index (χ2v) is 6.87. The van der Waals surface area contributed by atoms with Crippen LogP contribution in [0.25, 0.3) is 0 Å². The summed E-state index contributed by atoms with van der Waals surface area (Å²) in [6.07, 6.45) is -1.65. The number of hydrogen-bond donors (Lipinski definition) is 0. The zero-order chi connectivity index (χ0) is 19.6. The second-order valence-electron chi connectivity index (χ2n) is 6.87. The third kappa shape index (κ3) is 2.31. The Kier molecular flexibility index (Phi) is 3.33. The fourth-order valence-electron chi connectivity index (χ4n) is 4.07. The first-order chi connectivity index (χ1) is 13.4. The van der Waals surface area contributed by atoms with E-state index in [4.69, 9.17) is 9.47 Å². The first kappa shape index (κ1) is 16.5. The maximum absolute atomic E-state index is 11.9. The topological polar surface area (TPSA) is 105 Å². The van der Waals surface area contributed by atoms with Gasteiger partial charge in [-0.3, -0.25) is 0 Å². The van der Waals surface area contributed by atoms with Crippen molar-refractivity contribution in [2.75, 3.05) is 0 Å². The molecule has 28 heavy (non-hydrogen) atoms. The summed E-state index contributed by atoms with van der Waals surface area (Å²) >= 11 is 0. The Morgan fingerprint density at radius 2 is 1.57 bits per heavy atom. The van der Waals surface area contributed by atoms with Crippen LogP contribution in [-0.2, 0) is 9.47 Å². The average molecular weight is 380 g/mol. The number of cyclic esters (lactones) is 4. The lowest BCUT2D eigenvalue weighted by Gasteiger charge is -2.16. The fourth-order valence-corrected chi connectivity index (χ4v) is 4.07. The summed E-state index contributed by atoms with van der Waals surface area (Å²) in [6, 6.07) is 8.29. The molecule has 0 spiro atoms. The van der Waals surface area contributed by atoms with E-state index >= 15 is 0 Å². The summed E-state index contributed by atoms with van der Waals surface area (Å²) in [5, 5.41) is 0. The summed E-state index contributed by atoms with van der Waals surface area (Å²) in [6.45, 7) is 2.03. The number of carbonyl (C=O) groups excluding carboxylic acids is 4. The molecular weight excluding hydrogens is 368 g/mol. The molecule has 3 aliphatic rings. The van der Waals surface area contributed by atoms with E-state index < -0.39 is 24.2 Å². The van der Waals surface area contributed by atoms with Crippen molar-refractivity contribution in [3.8, 4) is 11.5 Å². The highest BCUT2D eigenvalue weighted by Gasteiger charge is 2.38. The molecule has 2 unspecified atom stereocenters. The van der Waals surface area contributed by atoms with Gasteiger partial charge in [0.25, 0.3) is 0 Å². The molecule has 8 heteroatoms. The lowest BCUT2D eigenvalue weighted by molar-refractivity contribution is 0.0443. The number of ether oxygens (including phenoxy) is 4. The van der Waals surface area contributed by atoms with Crippen LogP contribution < -0.4 is 9.47 Å². The molecule has 2 aliphatic heterocycles. The standard InChI is InChI=1S/C20H12O8/c1-8-6-12(9-2-3-11-13(7-9)18(22)27-17(11)21)15-10(8)4-5-14-16(15)26-20(24)28-19(23)25-14/h2-5,7-8,12H,6H2,1H3. The van der Waals surface area contributed by atoms with Gasteiger partial charge in [-0.15, -0.1) is 0 Å². The van der Waals surface area contributed by atoms with Gasteiger partial charge in [-0.1, -0.05) is 19.1 Å². The van der Waals surface area contributed by atoms with Crippen LogP contribution in [0.3, 0.4) is 0 Å². The number of esters is 2. The van der Waals surface area contributed by atoms with Crippen molar-refractivity contribution < 1.29 is 38.1 Å². The minimum absolute atomic E-state index is 0.0875. The summed E-state index contributed by atoms with van der Waals surface area (Å²) in [4.78, 5) is 46.9. The van der Waals surface area contributed by atoms with E-state index in [0.717, 1.165) is 11.1 Å². The molecule has 2 aromatic carbocycles. The van der Waals surface area contributed by atoms with Gasteiger partial charge in [0.05, 0.1) is 11.1 Å². The lowest BCUT2D eigenvalue weighted by atomic mass is 9.90. The molecule has 0 saturated carbocycles. The maximum Gasteiger partial charge on any atom is 0.524 e. The Morgan fingerprint density at radius 1 is 0.821 bits per heavy atom. The highest BCUT2D eigenvalue weighted by molar-refractivity contribution is 6.14. The van der Waals surface area contributed by atoms with E-state index in [1.54, 1.807) is 24.3 Å². The van der Waals surface area contributed by atoms with Crippen LogP contribution in [0.5, 0.6) is 11.5 Å². The first-order valence-electron chi connectivity index (χ1n) is 8.61. The molecule has 0 radical (unpaired) electrons. The molecule has 0 amide bonds. The molecule has 2 heterocycles. The molecule has 140 valence electrons. The van der Waals surface area contributed by atoms with Gasteiger partial charge >= 0.3 is 24.2 Å². The fraction of sp³-hybridized carbons (Fsp3) is 0.200. The molecule has 0 aromatic heterocycles. The normalized spacial score (nSPS) is 22.3. The third-order valence-corrected chi connectivity index (χ3v) is 5.28. The van der Waals surface area contributed by atoms with Gasteiger partial charge in [-0.2, -0.15) is 0 Å². The van der Waals surface area contributed by atoms with Gasteiger partial charge in [0.1, 0.15) is 0 Å². The van der Waals surface area contributed by atoms with Gasteiger partial charge < -0.3 is 18.9 Å². The van der Waals surface area contributed by atoms with Crippen molar-refractivity contribution in [1.29, 1.82) is 0 Å². The predicted molar refractivity (Wildman–Crippen MR) is 90.6 cm³/mol. The molecule has 2 atom stereocenters. The number of hydrogen-bond acceptors (Lipinski definition) is 8. The molecule has 5 rings (SSSR count). The van der Waals surface area contributed by atoms with Crippen LogP contribution in [0.2, 0.25) is 0 Å². The van der Waals surface area contributed by atoms with Crippen LogP contribution in [0.15, 0.2) is 30.3 Å². The molecule has 1 aliphatic carbocycles. The van der Waals surface area contributed by atoms with Gasteiger partial charge in [0.15, 0.2) is 11.5 Å². The van der Waals surface area contributed by atoms with Gasteiger partial charge in [-0.05, 0) is 41.7 Å². The highest BCUT2D eigenvalue weighted by atomic mass is 16.8. The van der Waals surface area contributed by atoms with Crippen molar-refractivity contribution >= 4 is 24.2 Å². The predicted octanol–water partition coefficient (Wildman–Crippen LogP) is 3.66. The van der Waals surface area contributed by atoms with E-state index in [1.165, 1.54) is 0 Å². The number of carbonyl (C=O) groups is 4. The quantitative estimate of drug-likeness (QED) is 0.419. The number of fused-ring (bicyclic) bond motifs is 4. The molecule has 8 nitrogen and oxygen atoms in total. The first-order valence-corrected chi connectivity index (χ1v) is 8.61. The van der Waals surface area contributed by atoms with Gasteiger partial charge in [0, 0.05) is 11.5 Å². The minimum Gasteiger partial charge on any atom is -0.391 e. The minimum atomic E-state index is -1.17. The van der Waals surface area contributed by atoms with Crippen LogP contribution in [0, 0.1) is 0 Å². The Labute approximate surface area is 157 Å².